The monoisotopic (exact) mass is 277 g/mol. The van der Waals surface area contributed by atoms with Crippen molar-refractivity contribution in [3.63, 3.8) is 0 Å². The quantitative estimate of drug-likeness (QED) is 0.850. The van der Waals surface area contributed by atoms with Crippen molar-refractivity contribution in [2.45, 2.75) is 63.9 Å². The van der Waals surface area contributed by atoms with Crippen LogP contribution in [0.5, 0.6) is 0 Å². The lowest BCUT2D eigenvalue weighted by Gasteiger charge is -2.36. The minimum Gasteiger partial charge on any atom is -0.375 e. The first-order valence-corrected chi connectivity index (χ1v) is 8.28. The number of ether oxygens (including phenoxy) is 1. The third kappa shape index (κ3) is 4.52. The molecule has 18 heavy (non-hydrogen) atoms. The van der Waals surface area contributed by atoms with E-state index in [9.17, 15) is 8.42 Å². The van der Waals surface area contributed by atoms with Crippen molar-refractivity contribution >= 4 is 9.84 Å². The molecule has 0 aromatic rings. The highest BCUT2D eigenvalue weighted by atomic mass is 32.2. The van der Waals surface area contributed by atoms with Crippen LogP contribution in [-0.2, 0) is 14.6 Å². The summed E-state index contributed by atoms with van der Waals surface area (Å²) in [5, 5.41) is 3.35. The van der Waals surface area contributed by atoms with E-state index in [1.54, 1.807) is 20.8 Å². The van der Waals surface area contributed by atoms with Gasteiger partial charge in [-0.3, -0.25) is 0 Å². The van der Waals surface area contributed by atoms with Gasteiger partial charge in [-0.2, -0.15) is 0 Å². The van der Waals surface area contributed by atoms with Gasteiger partial charge in [-0.05, 0) is 47.5 Å². The second kappa shape index (κ2) is 5.47. The molecule has 1 aliphatic rings. The zero-order valence-corrected chi connectivity index (χ0v) is 13.1. The predicted octanol–water partition coefficient (Wildman–Crippen LogP) is 1.75. The van der Waals surface area contributed by atoms with Gasteiger partial charge in [0.2, 0.25) is 0 Å². The highest BCUT2D eigenvalue weighted by Crippen LogP contribution is 2.24. The number of rotatable bonds is 4. The maximum absolute atomic E-state index is 12.0. The topological polar surface area (TPSA) is 55.4 Å². The summed E-state index contributed by atoms with van der Waals surface area (Å²) in [5.74, 6) is 0.203. The molecule has 1 saturated heterocycles. The van der Waals surface area contributed by atoms with E-state index in [0.717, 1.165) is 19.4 Å². The van der Waals surface area contributed by atoms with Crippen LogP contribution < -0.4 is 5.32 Å². The smallest absolute Gasteiger partial charge is 0.156 e. The van der Waals surface area contributed by atoms with E-state index in [2.05, 4.69) is 19.2 Å². The van der Waals surface area contributed by atoms with Crippen LogP contribution >= 0.6 is 0 Å². The fourth-order valence-electron chi connectivity index (χ4n) is 2.11. The molecule has 1 aliphatic heterocycles. The summed E-state index contributed by atoms with van der Waals surface area (Å²) >= 11 is 0. The zero-order valence-electron chi connectivity index (χ0n) is 12.2. The van der Waals surface area contributed by atoms with E-state index < -0.39 is 14.6 Å². The van der Waals surface area contributed by atoms with Crippen LogP contribution in [0.1, 0.15) is 47.5 Å². The third-order valence-electron chi connectivity index (χ3n) is 3.43. The second-order valence-electron chi connectivity index (χ2n) is 6.68. The largest absolute Gasteiger partial charge is 0.375 e. The average molecular weight is 277 g/mol. The van der Waals surface area contributed by atoms with Crippen molar-refractivity contribution in [1.29, 1.82) is 0 Å². The lowest BCUT2D eigenvalue weighted by molar-refractivity contribution is -0.0625. The maximum atomic E-state index is 12.0. The van der Waals surface area contributed by atoms with Crippen molar-refractivity contribution in [2.24, 2.45) is 0 Å². The summed E-state index contributed by atoms with van der Waals surface area (Å²) < 4.78 is 28.9. The summed E-state index contributed by atoms with van der Waals surface area (Å²) in [4.78, 5) is 0. The minimum atomic E-state index is -3.02. The second-order valence-corrected chi connectivity index (χ2v) is 9.55. The first-order chi connectivity index (χ1) is 8.04. The van der Waals surface area contributed by atoms with Gasteiger partial charge in [0.25, 0.3) is 0 Å². The Morgan fingerprint density at radius 1 is 1.33 bits per heavy atom. The summed E-state index contributed by atoms with van der Waals surface area (Å²) in [6, 6.07) is 0.365. The molecule has 1 heterocycles. The maximum Gasteiger partial charge on any atom is 0.156 e. The molecular formula is C13H27NO3S. The number of nitrogens with one attached hydrogen (secondary N) is 1. The van der Waals surface area contributed by atoms with Gasteiger partial charge >= 0.3 is 0 Å². The van der Waals surface area contributed by atoms with Crippen LogP contribution in [0.3, 0.4) is 0 Å². The molecule has 0 aliphatic carbocycles. The van der Waals surface area contributed by atoms with Gasteiger partial charge in [-0.1, -0.05) is 0 Å². The van der Waals surface area contributed by atoms with Gasteiger partial charge in [0.1, 0.15) is 0 Å². The molecule has 0 saturated carbocycles. The third-order valence-corrected chi connectivity index (χ3v) is 6.04. The number of hydrogen-bond donors (Lipinski definition) is 1. The van der Waals surface area contributed by atoms with E-state index >= 15 is 0 Å². The molecule has 5 heteroatoms. The van der Waals surface area contributed by atoms with Crippen LogP contribution in [0.4, 0.5) is 0 Å². The van der Waals surface area contributed by atoms with Crippen LogP contribution in [0.15, 0.2) is 0 Å². The lowest BCUT2D eigenvalue weighted by atomic mass is 9.94. The van der Waals surface area contributed by atoms with E-state index in [1.165, 1.54) is 0 Å². The molecule has 0 spiro atoms. The van der Waals surface area contributed by atoms with Crippen molar-refractivity contribution in [3.05, 3.63) is 0 Å². The Morgan fingerprint density at radius 3 is 2.44 bits per heavy atom. The van der Waals surface area contributed by atoms with E-state index in [4.69, 9.17) is 4.74 Å². The minimum absolute atomic E-state index is 0.0984. The molecule has 1 unspecified atom stereocenters. The standard InChI is InChI=1S/C13H27NO3S/c1-12(2,3)18(15,16)9-7-14-11-6-8-17-13(4,5)10-11/h11,14H,6-10H2,1-5H3. The molecule has 1 rings (SSSR count). The molecule has 0 bridgehead atoms. The first-order valence-electron chi connectivity index (χ1n) is 6.63. The Labute approximate surface area is 111 Å². The average Bonchev–Trinajstić information content (AvgIpc) is 2.13. The molecular weight excluding hydrogens is 250 g/mol. The predicted molar refractivity (Wildman–Crippen MR) is 74.6 cm³/mol. The molecule has 4 nitrogen and oxygen atoms in total. The number of hydrogen-bond acceptors (Lipinski definition) is 4. The molecule has 0 amide bonds. The fourth-order valence-corrected chi connectivity index (χ4v) is 3.11. The SMILES string of the molecule is CC1(C)CC(NCCS(=O)(=O)C(C)(C)C)CCO1. The first kappa shape index (κ1) is 15.9. The van der Waals surface area contributed by atoms with E-state index in [1.807, 2.05) is 0 Å². The van der Waals surface area contributed by atoms with Gasteiger partial charge in [0, 0.05) is 19.2 Å². The van der Waals surface area contributed by atoms with E-state index in [0.29, 0.717) is 12.6 Å². The highest BCUT2D eigenvalue weighted by molar-refractivity contribution is 7.92. The summed E-state index contributed by atoms with van der Waals surface area (Å²) in [6.45, 7) is 10.7. The van der Waals surface area contributed by atoms with Crippen LogP contribution in [0.25, 0.3) is 0 Å². The summed E-state index contributed by atoms with van der Waals surface area (Å²) in [7, 11) is -3.02. The normalized spacial score (nSPS) is 25.1. The Hall–Kier alpha value is -0.130. The van der Waals surface area contributed by atoms with Gasteiger partial charge in [-0.15, -0.1) is 0 Å². The Bertz CT molecular complexity index is 368. The molecule has 0 radical (unpaired) electrons. The van der Waals surface area contributed by atoms with Crippen LogP contribution in [-0.4, -0.2) is 43.7 Å². The van der Waals surface area contributed by atoms with Crippen LogP contribution in [0.2, 0.25) is 0 Å². The van der Waals surface area contributed by atoms with Crippen molar-refractivity contribution < 1.29 is 13.2 Å². The molecule has 0 aromatic heterocycles. The highest BCUT2D eigenvalue weighted by Gasteiger charge is 2.30. The Balaban J connectivity index is 2.39. The van der Waals surface area contributed by atoms with Gasteiger partial charge < -0.3 is 10.1 Å². The van der Waals surface area contributed by atoms with Gasteiger partial charge in [0.15, 0.2) is 9.84 Å². The van der Waals surface area contributed by atoms with E-state index in [-0.39, 0.29) is 11.4 Å². The zero-order chi connectivity index (χ0) is 14.0. The van der Waals surface area contributed by atoms with Gasteiger partial charge in [-0.25, -0.2) is 8.42 Å². The fraction of sp³-hybridized carbons (Fsp3) is 1.00. The molecule has 108 valence electrons. The Kier molecular flexibility index (Phi) is 4.84. The Morgan fingerprint density at radius 2 is 1.94 bits per heavy atom. The molecule has 1 N–H and O–H groups in total. The summed E-state index contributed by atoms with van der Waals surface area (Å²) in [5.41, 5.74) is -0.0984. The van der Waals surface area contributed by atoms with Crippen molar-refractivity contribution in [3.8, 4) is 0 Å². The molecule has 1 atom stereocenters. The van der Waals surface area contributed by atoms with Gasteiger partial charge in [0.05, 0.1) is 16.1 Å². The van der Waals surface area contributed by atoms with Crippen molar-refractivity contribution in [1.82, 2.24) is 5.32 Å². The van der Waals surface area contributed by atoms with Crippen molar-refractivity contribution in [2.75, 3.05) is 18.9 Å². The number of sulfone groups is 1. The molecule has 0 aromatic carbocycles. The van der Waals surface area contributed by atoms with Crippen LogP contribution in [0, 0.1) is 0 Å². The lowest BCUT2D eigenvalue weighted by Crippen LogP contribution is -2.45. The summed E-state index contributed by atoms with van der Waals surface area (Å²) in [6.07, 6.45) is 1.89. The molecule has 1 fully saturated rings.